The summed E-state index contributed by atoms with van der Waals surface area (Å²) in [6.07, 6.45) is -3.42. The average molecular weight is 462 g/mol. The lowest BCUT2D eigenvalue weighted by atomic mass is 10.0. The number of benzene rings is 2. The third-order valence-corrected chi connectivity index (χ3v) is 4.79. The van der Waals surface area contributed by atoms with Gasteiger partial charge >= 0.3 is 12.1 Å². The minimum atomic E-state index is -5.08. The topological polar surface area (TPSA) is 105 Å². The fourth-order valence-corrected chi connectivity index (χ4v) is 3.07. The van der Waals surface area contributed by atoms with E-state index in [9.17, 15) is 18.0 Å². The maximum Gasteiger partial charge on any atom is 0.490 e. The monoisotopic (exact) mass is 462 g/mol. The Bertz CT molecular complexity index is 1130. The molecule has 1 amide bonds. The number of ether oxygens (including phenoxy) is 1. The Kier molecular flexibility index (Phi) is 7.34. The number of carbonyl (C=O) groups is 2. The van der Waals surface area contributed by atoms with Crippen molar-refractivity contribution in [2.75, 3.05) is 25.5 Å². The van der Waals surface area contributed by atoms with Gasteiger partial charge in [0.2, 0.25) is 0 Å². The van der Waals surface area contributed by atoms with Crippen LogP contribution in [0.3, 0.4) is 0 Å². The number of nitrogens with one attached hydrogen (secondary N) is 2. The molecule has 174 valence electrons. The van der Waals surface area contributed by atoms with Gasteiger partial charge in [-0.3, -0.25) is 9.48 Å². The van der Waals surface area contributed by atoms with Gasteiger partial charge in [0.15, 0.2) is 0 Å². The second-order valence-electron chi connectivity index (χ2n) is 7.01. The van der Waals surface area contributed by atoms with E-state index in [0.717, 1.165) is 35.7 Å². The van der Waals surface area contributed by atoms with E-state index in [0.29, 0.717) is 5.69 Å². The normalized spacial score (nSPS) is 13.3. The van der Waals surface area contributed by atoms with Crippen LogP contribution in [0.1, 0.15) is 16.5 Å². The van der Waals surface area contributed by atoms with E-state index < -0.39 is 12.1 Å². The van der Waals surface area contributed by atoms with Crippen molar-refractivity contribution in [3.05, 3.63) is 66.5 Å². The van der Waals surface area contributed by atoms with Gasteiger partial charge < -0.3 is 20.5 Å². The molecule has 8 nitrogen and oxygen atoms in total. The number of carboxylic acid groups (broad SMARTS) is 1. The quantitative estimate of drug-likeness (QED) is 0.535. The third-order valence-electron chi connectivity index (χ3n) is 4.79. The van der Waals surface area contributed by atoms with E-state index >= 15 is 0 Å². The molecule has 3 aromatic rings. The molecule has 0 radical (unpaired) electrons. The van der Waals surface area contributed by atoms with Crippen LogP contribution >= 0.6 is 0 Å². The fourth-order valence-electron chi connectivity index (χ4n) is 3.07. The zero-order valence-electron chi connectivity index (χ0n) is 17.5. The van der Waals surface area contributed by atoms with Gasteiger partial charge in [0.05, 0.1) is 13.2 Å². The highest BCUT2D eigenvalue weighted by Gasteiger charge is 2.38. The van der Waals surface area contributed by atoms with Crippen LogP contribution in [0.4, 0.5) is 18.9 Å². The molecule has 0 aliphatic carbocycles. The molecule has 1 saturated heterocycles. The van der Waals surface area contributed by atoms with Crippen LogP contribution in [-0.2, 0) is 4.79 Å². The Hall–Kier alpha value is -3.86. The number of carbonyl (C=O) groups excluding carboxylic acids is 1. The molecule has 0 atom stereocenters. The number of nitrogens with zero attached hydrogens (tertiary/aromatic N) is 2. The summed E-state index contributed by atoms with van der Waals surface area (Å²) >= 11 is 0. The lowest BCUT2D eigenvalue weighted by Gasteiger charge is -2.28. The van der Waals surface area contributed by atoms with E-state index in [-0.39, 0.29) is 11.9 Å². The first-order valence-corrected chi connectivity index (χ1v) is 9.80. The lowest BCUT2D eigenvalue weighted by Crippen LogP contribution is -2.45. The number of anilines is 1. The summed E-state index contributed by atoms with van der Waals surface area (Å²) in [5.74, 6) is -2.12. The van der Waals surface area contributed by atoms with Gasteiger partial charge in [0.1, 0.15) is 11.4 Å². The molecule has 0 bridgehead atoms. The predicted molar refractivity (Wildman–Crippen MR) is 114 cm³/mol. The van der Waals surface area contributed by atoms with Gasteiger partial charge in [-0.2, -0.15) is 18.3 Å². The minimum Gasteiger partial charge on any atom is -0.496 e. The first kappa shape index (κ1) is 23.8. The smallest absolute Gasteiger partial charge is 0.490 e. The summed E-state index contributed by atoms with van der Waals surface area (Å²) in [6, 6.07) is 17.6. The van der Waals surface area contributed by atoms with Crippen LogP contribution in [0.5, 0.6) is 5.75 Å². The fraction of sp³-hybridized carbons (Fsp3) is 0.227. The number of amides is 1. The summed E-state index contributed by atoms with van der Waals surface area (Å²) in [7, 11) is 1.65. The van der Waals surface area contributed by atoms with Crippen LogP contribution < -0.4 is 15.4 Å². The first-order valence-electron chi connectivity index (χ1n) is 9.80. The van der Waals surface area contributed by atoms with Crippen molar-refractivity contribution in [1.82, 2.24) is 15.1 Å². The molecule has 0 unspecified atom stereocenters. The van der Waals surface area contributed by atoms with Gasteiger partial charge in [-0.15, -0.1) is 0 Å². The van der Waals surface area contributed by atoms with Crippen LogP contribution in [0, 0.1) is 0 Å². The molecule has 2 aromatic carbocycles. The highest BCUT2D eigenvalue weighted by atomic mass is 19.4. The Morgan fingerprint density at radius 3 is 2.45 bits per heavy atom. The number of aliphatic carboxylic acids is 1. The van der Waals surface area contributed by atoms with Crippen LogP contribution in [-0.4, -0.2) is 53.1 Å². The van der Waals surface area contributed by atoms with Crippen molar-refractivity contribution < 1.29 is 32.6 Å². The number of aromatic nitrogens is 2. The maximum atomic E-state index is 12.7. The van der Waals surface area contributed by atoms with E-state index in [1.165, 1.54) is 0 Å². The highest BCUT2D eigenvalue weighted by Crippen LogP contribution is 2.31. The largest absolute Gasteiger partial charge is 0.496 e. The molecule has 0 saturated carbocycles. The minimum absolute atomic E-state index is 0.161. The number of rotatable bonds is 5. The number of carboxylic acids is 1. The molecule has 4 rings (SSSR count). The summed E-state index contributed by atoms with van der Waals surface area (Å²) < 4.78 is 39.0. The molecule has 1 aliphatic rings. The van der Waals surface area contributed by atoms with Crippen LogP contribution in [0.25, 0.3) is 11.1 Å². The second-order valence-corrected chi connectivity index (χ2v) is 7.01. The number of methoxy groups -OCH3 is 1. The summed E-state index contributed by atoms with van der Waals surface area (Å²) in [5, 5.41) is 17.6. The molecule has 3 N–H and O–H groups in total. The Balaban J connectivity index is 0.000000383. The van der Waals surface area contributed by atoms with Crippen molar-refractivity contribution in [1.29, 1.82) is 0 Å². The molecule has 0 spiro atoms. The Labute approximate surface area is 187 Å². The Morgan fingerprint density at radius 1 is 1.15 bits per heavy atom. The highest BCUT2D eigenvalue weighted by molar-refractivity contribution is 6.03. The zero-order chi connectivity index (χ0) is 24.0. The molecule has 1 aromatic heterocycles. The number of alkyl halides is 3. The molecule has 11 heteroatoms. The standard InChI is InChI=1S/C20H20N4O2.C2HF3O2/c1-26-19-8-3-2-7-17(19)14-5-4-6-15(11-14)23-20(25)18-9-10-22-24(18)16-12-21-13-16;3-2(4,5)1(6)7/h2-11,16,21H,12-13H2,1H3,(H,23,25);(H,6,7). The summed E-state index contributed by atoms with van der Waals surface area (Å²) in [6.45, 7) is 1.68. The summed E-state index contributed by atoms with van der Waals surface area (Å²) in [5.41, 5.74) is 3.27. The Morgan fingerprint density at radius 2 is 1.85 bits per heavy atom. The van der Waals surface area contributed by atoms with Gasteiger partial charge in [-0.25, -0.2) is 4.79 Å². The van der Waals surface area contributed by atoms with Crippen LogP contribution in [0.2, 0.25) is 0 Å². The predicted octanol–water partition coefficient (Wildman–Crippen LogP) is 3.59. The van der Waals surface area contributed by atoms with Gasteiger partial charge in [0.25, 0.3) is 5.91 Å². The van der Waals surface area contributed by atoms with Crippen molar-refractivity contribution in [2.24, 2.45) is 0 Å². The number of para-hydroxylation sites is 1. The molecule has 2 heterocycles. The molecule has 33 heavy (non-hydrogen) atoms. The third kappa shape index (κ3) is 5.89. The lowest BCUT2D eigenvalue weighted by molar-refractivity contribution is -0.192. The molecular weight excluding hydrogens is 441 g/mol. The van der Waals surface area contributed by atoms with Crippen molar-refractivity contribution >= 4 is 17.6 Å². The molecular formula is C22H21F3N4O4. The van der Waals surface area contributed by atoms with E-state index in [2.05, 4.69) is 15.7 Å². The second kappa shape index (κ2) is 10.2. The van der Waals surface area contributed by atoms with Crippen molar-refractivity contribution in [3.63, 3.8) is 0 Å². The SMILES string of the molecule is COc1ccccc1-c1cccc(NC(=O)c2ccnn2C2CNC2)c1.O=C(O)C(F)(F)F. The number of hydrogen-bond acceptors (Lipinski definition) is 5. The van der Waals surface area contributed by atoms with Gasteiger partial charge in [-0.05, 0) is 29.8 Å². The summed E-state index contributed by atoms with van der Waals surface area (Å²) in [4.78, 5) is 21.6. The number of hydrogen-bond donors (Lipinski definition) is 3. The van der Waals surface area contributed by atoms with Crippen molar-refractivity contribution in [3.8, 4) is 16.9 Å². The van der Waals surface area contributed by atoms with Gasteiger partial charge in [0, 0.05) is 30.5 Å². The van der Waals surface area contributed by atoms with Gasteiger partial charge in [-0.1, -0.05) is 30.3 Å². The van der Waals surface area contributed by atoms with E-state index in [1.807, 2.05) is 48.5 Å². The zero-order valence-corrected chi connectivity index (χ0v) is 17.5. The van der Waals surface area contributed by atoms with Crippen molar-refractivity contribution in [2.45, 2.75) is 12.2 Å². The van der Waals surface area contributed by atoms with Crippen LogP contribution in [0.15, 0.2) is 60.8 Å². The molecule has 1 fully saturated rings. The number of halogens is 3. The van der Waals surface area contributed by atoms with E-state index in [4.69, 9.17) is 14.6 Å². The maximum absolute atomic E-state index is 12.7. The van der Waals surface area contributed by atoms with E-state index in [1.54, 1.807) is 24.1 Å². The average Bonchev–Trinajstić information content (AvgIpc) is 3.21. The molecule has 1 aliphatic heterocycles. The first-order chi connectivity index (χ1) is 15.7.